The lowest BCUT2D eigenvalue weighted by Gasteiger charge is -2.29. The largest absolute Gasteiger partial charge is 0.481 e. The lowest BCUT2D eigenvalue weighted by molar-refractivity contribution is -0.155. The van der Waals surface area contributed by atoms with Crippen molar-refractivity contribution in [2.75, 3.05) is 0 Å². The number of rotatable bonds is 9. The summed E-state index contributed by atoms with van der Waals surface area (Å²) in [5.74, 6) is -2.43. The molecule has 0 bridgehead atoms. The van der Waals surface area contributed by atoms with E-state index in [0.717, 1.165) is 0 Å². The number of esters is 1. The smallest absolute Gasteiger partial charge is 0.306 e. The van der Waals surface area contributed by atoms with Crippen LogP contribution in [0.1, 0.15) is 59.3 Å². The van der Waals surface area contributed by atoms with Crippen LogP contribution in [0.3, 0.4) is 0 Å². The van der Waals surface area contributed by atoms with E-state index in [2.05, 4.69) is 0 Å². The molecule has 0 aliphatic rings. The Balaban J connectivity index is 4.54. The van der Waals surface area contributed by atoms with E-state index in [9.17, 15) is 14.4 Å². The second-order valence-electron chi connectivity index (χ2n) is 6.24. The number of hydrogen-bond donors (Lipinski definition) is 3. The summed E-state index contributed by atoms with van der Waals surface area (Å²) < 4.78 is 5.16. The summed E-state index contributed by atoms with van der Waals surface area (Å²) >= 11 is 0. The molecule has 0 fully saturated rings. The van der Waals surface area contributed by atoms with Crippen molar-refractivity contribution >= 4 is 17.9 Å². The van der Waals surface area contributed by atoms with Gasteiger partial charge in [0.25, 0.3) is 0 Å². The Morgan fingerprint density at radius 3 is 1.62 bits per heavy atom. The predicted molar refractivity (Wildman–Crippen MR) is 75.7 cm³/mol. The highest BCUT2D eigenvalue weighted by Crippen LogP contribution is 2.23. The van der Waals surface area contributed by atoms with Crippen LogP contribution in [0.15, 0.2) is 0 Å². The molecule has 4 N–H and O–H groups in total. The van der Waals surface area contributed by atoms with Gasteiger partial charge in [-0.3, -0.25) is 14.4 Å². The van der Waals surface area contributed by atoms with Crippen LogP contribution in [0, 0.1) is 0 Å². The second kappa shape index (κ2) is 7.97. The second-order valence-corrected chi connectivity index (χ2v) is 6.24. The number of carboxylic acids is 2. The maximum absolute atomic E-state index is 11.7. The number of carboxylic acid groups (broad SMARTS) is 2. The summed E-state index contributed by atoms with van der Waals surface area (Å²) in [7, 11) is 0. The van der Waals surface area contributed by atoms with Crippen LogP contribution < -0.4 is 5.73 Å². The quantitative estimate of drug-likeness (QED) is 0.551. The van der Waals surface area contributed by atoms with Gasteiger partial charge >= 0.3 is 17.9 Å². The summed E-state index contributed by atoms with van der Waals surface area (Å²) in [5.41, 5.74) is 4.48. The fraction of sp³-hybridized carbons (Fsp3) is 0.786. The molecule has 0 aliphatic heterocycles. The van der Waals surface area contributed by atoms with E-state index in [1.165, 1.54) is 0 Å². The third kappa shape index (κ3) is 10.8. The molecule has 0 unspecified atom stereocenters. The normalized spacial score (nSPS) is 12.0. The molecule has 0 aromatic carbocycles. The van der Waals surface area contributed by atoms with E-state index in [1.807, 2.05) is 0 Å². The third-order valence-corrected chi connectivity index (χ3v) is 2.92. The molecule has 0 aliphatic carbocycles. The zero-order valence-corrected chi connectivity index (χ0v) is 12.8. The van der Waals surface area contributed by atoms with Crippen LogP contribution in [0.5, 0.6) is 0 Å². The summed E-state index contributed by atoms with van der Waals surface area (Å²) in [5, 5.41) is 17.4. The first-order chi connectivity index (χ1) is 9.43. The summed E-state index contributed by atoms with van der Waals surface area (Å²) in [6.07, 6.45) is 0.154. The Hall–Kier alpha value is -1.63. The number of carbonyl (C=O) groups excluding carboxylic acids is 1. The third-order valence-electron chi connectivity index (χ3n) is 2.92. The van der Waals surface area contributed by atoms with Gasteiger partial charge in [-0.15, -0.1) is 0 Å². The molecular formula is C14H25NO6. The lowest BCUT2D eigenvalue weighted by atomic mass is 9.85. The number of ether oxygens (including phenoxy) is 1. The number of hydrogen-bond acceptors (Lipinski definition) is 5. The molecule has 0 atom stereocenters. The molecule has 0 aromatic heterocycles. The average molecular weight is 303 g/mol. The molecule has 0 radical (unpaired) electrons. The molecule has 21 heavy (non-hydrogen) atoms. The van der Waals surface area contributed by atoms with Crippen molar-refractivity contribution in [3.05, 3.63) is 0 Å². The molecule has 122 valence electrons. The molecule has 0 aromatic rings. The fourth-order valence-corrected chi connectivity index (χ4v) is 1.83. The van der Waals surface area contributed by atoms with Gasteiger partial charge in [0.05, 0.1) is 0 Å². The van der Waals surface area contributed by atoms with E-state index in [-0.39, 0.29) is 38.5 Å². The number of carbonyl (C=O) groups is 3. The van der Waals surface area contributed by atoms with Crippen LogP contribution >= 0.6 is 0 Å². The van der Waals surface area contributed by atoms with E-state index >= 15 is 0 Å². The lowest BCUT2D eigenvalue weighted by Crippen LogP contribution is -2.41. The molecular weight excluding hydrogens is 278 g/mol. The Morgan fingerprint density at radius 2 is 1.29 bits per heavy atom. The highest BCUT2D eigenvalue weighted by atomic mass is 16.6. The maximum atomic E-state index is 11.7. The standard InChI is InChI=1S/C14H25NO6/c1-13(2,3)21-12(20)6-9-14(15,7-4-10(16)17)8-5-11(18)19/h4-9,15H2,1-3H3,(H,16,17)(H,18,19). The highest BCUT2D eigenvalue weighted by molar-refractivity contribution is 5.70. The Labute approximate surface area is 124 Å². The zero-order chi connectivity index (χ0) is 16.7. The number of aliphatic carboxylic acids is 2. The molecule has 0 heterocycles. The first-order valence-corrected chi connectivity index (χ1v) is 6.88. The van der Waals surface area contributed by atoms with E-state index in [0.29, 0.717) is 0 Å². The SMILES string of the molecule is CC(C)(C)OC(=O)CCC(N)(CCC(=O)O)CCC(=O)O. The van der Waals surface area contributed by atoms with Gasteiger partial charge in [-0.2, -0.15) is 0 Å². The highest BCUT2D eigenvalue weighted by Gasteiger charge is 2.28. The molecule has 0 saturated carbocycles. The molecule has 0 saturated heterocycles. The van der Waals surface area contributed by atoms with E-state index < -0.39 is 29.0 Å². The molecule has 7 heteroatoms. The first-order valence-electron chi connectivity index (χ1n) is 6.88. The zero-order valence-electron chi connectivity index (χ0n) is 12.8. The average Bonchev–Trinajstić information content (AvgIpc) is 2.30. The molecule has 0 spiro atoms. The molecule has 7 nitrogen and oxygen atoms in total. The Morgan fingerprint density at radius 1 is 0.905 bits per heavy atom. The van der Waals surface area contributed by atoms with Crippen LogP contribution in [0.25, 0.3) is 0 Å². The van der Waals surface area contributed by atoms with Gasteiger partial charge in [-0.25, -0.2) is 0 Å². The van der Waals surface area contributed by atoms with Crippen LogP contribution in [-0.2, 0) is 19.1 Å². The van der Waals surface area contributed by atoms with Crippen molar-refractivity contribution in [1.29, 1.82) is 0 Å². The molecule has 0 rings (SSSR count). The monoisotopic (exact) mass is 303 g/mol. The van der Waals surface area contributed by atoms with Crippen molar-refractivity contribution in [1.82, 2.24) is 0 Å². The van der Waals surface area contributed by atoms with Gasteiger partial charge in [0.2, 0.25) is 0 Å². The van der Waals surface area contributed by atoms with Crippen molar-refractivity contribution in [3.63, 3.8) is 0 Å². The van der Waals surface area contributed by atoms with Gasteiger partial charge in [-0.1, -0.05) is 0 Å². The van der Waals surface area contributed by atoms with Crippen LogP contribution in [0.2, 0.25) is 0 Å². The van der Waals surface area contributed by atoms with Crippen molar-refractivity contribution < 1.29 is 29.3 Å². The van der Waals surface area contributed by atoms with Crippen molar-refractivity contribution in [2.24, 2.45) is 5.73 Å². The minimum absolute atomic E-state index is 0.0347. The minimum atomic E-state index is -1.00. The van der Waals surface area contributed by atoms with Gasteiger partial charge in [0.15, 0.2) is 0 Å². The van der Waals surface area contributed by atoms with E-state index in [4.69, 9.17) is 20.7 Å². The van der Waals surface area contributed by atoms with Crippen molar-refractivity contribution in [2.45, 2.75) is 70.4 Å². The Bertz CT molecular complexity index is 367. The van der Waals surface area contributed by atoms with Gasteiger partial charge in [0.1, 0.15) is 5.60 Å². The van der Waals surface area contributed by atoms with Crippen LogP contribution in [0.4, 0.5) is 0 Å². The van der Waals surface area contributed by atoms with Gasteiger partial charge in [-0.05, 0) is 40.0 Å². The first kappa shape index (κ1) is 19.4. The summed E-state index contributed by atoms with van der Waals surface area (Å²) in [6.45, 7) is 5.24. The maximum Gasteiger partial charge on any atom is 0.306 e. The van der Waals surface area contributed by atoms with Crippen molar-refractivity contribution in [3.8, 4) is 0 Å². The summed E-state index contributed by atoms with van der Waals surface area (Å²) in [6, 6.07) is 0. The minimum Gasteiger partial charge on any atom is -0.481 e. The predicted octanol–water partition coefficient (Wildman–Crippen LogP) is 1.54. The number of nitrogens with two attached hydrogens (primary N) is 1. The van der Waals surface area contributed by atoms with E-state index in [1.54, 1.807) is 20.8 Å². The van der Waals surface area contributed by atoms with Gasteiger partial charge in [0, 0.05) is 24.8 Å². The molecule has 0 amide bonds. The Kier molecular flexibility index (Phi) is 7.35. The summed E-state index contributed by atoms with van der Waals surface area (Å²) in [4.78, 5) is 33.0. The fourth-order valence-electron chi connectivity index (χ4n) is 1.83. The van der Waals surface area contributed by atoms with Gasteiger partial charge < -0.3 is 20.7 Å². The van der Waals surface area contributed by atoms with Crippen LogP contribution in [-0.4, -0.2) is 39.3 Å². The topological polar surface area (TPSA) is 127 Å².